The highest BCUT2D eigenvalue weighted by Crippen LogP contribution is 2.25. The predicted octanol–water partition coefficient (Wildman–Crippen LogP) is 1.60. The Hall–Kier alpha value is -6.17. The molecule has 0 aromatic heterocycles. The lowest BCUT2D eigenvalue weighted by Gasteiger charge is -2.41. The van der Waals surface area contributed by atoms with Gasteiger partial charge in [-0.05, 0) is 95.3 Å². The van der Waals surface area contributed by atoms with Gasteiger partial charge in [0.1, 0.15) is 60.4 Å². The third kappa shape index (κ3) is 20.5. The molecule has 1 aliphatic rings. The Morgan fingerprint density at radius 3 is 1.40 bits per heavy atom. The maximum absolute atomic E-state index is 15.1. The van der Waals surface area contributed by atoms with E-state index in [0.717, 1.165) is 19.6 Å². The van der Waals surface area contributed by atoms with Gasteiger partial charge in [-0.3, -0.25) is 52.7 Å². The van der Waals surface area contributed by atoms with Gasteiger partial charge in [0.2, 0.25) is 65.0 Å². The molecule has 0 saturated carbocycles. The number of nitrogens with one attached hydrogen (secondary N) is 4. The fraction of sp³-hybridized carbons (Fsp3) is 0.783. The van der Waals surface area contributed by atoms with Gasteiger partial charge in [-0.25, -0.2) is 0 Å². The molecule has 1 fully saturated rings. The van der Waals surface area contributed by atoms with Gasteiger partial charge in [0, 0.05) is 49.3 Å². The summed E-state index contributed by atoms with van der Waals surface area (Å²) in [7, 11) is 9.52. The quantitative estimate of drug-likeness (QED) is 0.135. The van der Waals surface area contributed by atoms with Crippen molar-refractivity contribution in [2.45, 2.75) is 216 Å². The highest BCUT2D eigenvalue weighted by molar-refractivity contribution is 5.99. The Labute approximate surface area is 500 Å². The number of nitrogens with zero attached hydrogens (tertiary/aromatic N) is 7. The molecule has 0 aromatic carbocycles. The van der Waals surface area contributed by atoms with Crippen molar-refractivity contribution in [3.05, 3.63) is 12.2 Å². The monoisotopic (exact) mass is 1190 g/mol. The van der Waals surface area contributed by atoms with Gasteiger partial charge in [-0.1, -0.05) is 95.2 Å². The van der Waals surface area contributed by atoms with Gasteiger partial charge in [-0.2, -0.15) is 0 Å². The normalized spacial score (nSPS) is 27.4. The Morgan fingerprint density at radius 2 is 0.952 bits per heavy atom. The highest BCUT2D eigenvalue weighted by Gasteiger charge is 2.46. The number of allylic oxidation sites excluding steroid dienone is 2. The minimum absolute atomic E-state index is 0.0184. The number of likely N-dealkylation sites (N-methyl/N-ethyl adjacent to an activating group) is 7. The third-order valence-electron chi connectivity index (χ3n) is 15.8. The Balaban J connectivity index is 4.31. The molecular weight excluding hydrogens is 1080 g/mol. The molecule has 1 unspecified atom stereocenters. The van der Waals surface area contributed by atoms with Crippen LogP contribution in [-0.4, -0.2) is 238 Å². The van der Waals surface area contributed by atoms with Crippen LogP contribution in [0.25, 0.3) is 0 Å². The lowest BCUT2D eigenvalue weighted by atomic mass is 9.91. The number of carbonyl (C=O) groups excluding carboxylic acids is 11. The van der Waals surface area contributed by atoms with Crippen LogP contribution in [0.15, 0.2) is 12.2 Å². The zero-order chi connectivity index (χ0) is 65.3. The molecule has 1 aliphatic heterocycles. The molecule has 24 heteroatoms. The van der Waals surface area contributed by atoms with Crippen molar-refractivity contribution < 1.29 is 63.0 Å². The second-order valence-electron chi connectivity index (χ2n) is 25.1. The molecule has 13 atom stereocenters. The van der Waals surface area contributed by atoms with E-state index in [0.29, 0.717) is 6.42 Å². The van der Waals surface area contributed by atoms with Crippen LogP contribution in [0.4, 0.5) is 0 Å². The molecule has 1 heterocycles. The van der Waals surface area contributed by atoms with E-state index in [2.05, 4.69) is 21.3 Å². The van der Waals surface area contributed by atoms with Crippen LogP contribution in [0, 0.1) is 35.5 Å². The van der Waals surface area contributed by atoms with Crippen LogP contribution < -0.4 is 21.3 Å². The molecule has 0 radical (unpaired) electrons. The van der Waals surface area contributed by atoms with E-state index < -0.39 is 162 Å². The molecule has 0 bridgehead atoms. The first kappa shape index (κ1) is 75.8. The Morgan fingerprint density at radius 1 is 0.488 bits per heavy atom. The topological polar surface area (TPSA) is 299 Å². The summed E-state index contributed by atoms with van der Waals surface area (Å²) < 4.78 is 0. The molecule has 0 aliphatic carbocycles. The van der Waals surface area contributed by atoms with Crippen LogP contribution in [0.1, 0.15) is 143 Å². The Kier molecular flexibility index (Phi) is 30.8. The minimum atomic E-state index is -1.64. The molecule has 0 spiro atoms. The van der Waals surface area contributed by atoms with E-state index in [1.54, 1.807) is 60.6 Å². The van der Waals surface area contributed by atoms with Crippen molar-refractivity contribution in [2.24, 2.45) is 35.5 Å². The summed E-state index contributed by atoms with van der Waals surface area (Å²) in [5, 5.41) is 33.8. The van der Waals surface area contributed by atoms with Crippen LogP contribution >= 0.6 is 0 Å². The van der Waals surface area contributed by atoms with E-state index in [9.17, 15) is 53.4 Å². The first-order valence-electron chi connectivity index (χ1n) is 29.8. The summed E-state index contributed by atoms with van der Waals surface area (Å²) >= 11 is 0. The van der Waals surface area contributed by atoms with Crippen molar-refractivity contribution in [3.8, 4) is 0 Å². The van der Waals surface area contributed by atoms with Crippen LogP contribution in [0.2, 0.25) is 0 Å². The lowest BCUT2D eigenvalue weighted by molar-refractivity contribution is -0.157. The molecule has 6 N–H and O–H groups in total. The number of rotatable bonds is 14. The van der Waals surface area contributed by atoms with E-state index >= 15 is 9.59 Å². The summed E-state index contributed by atoms with van der Waals surface area (Å²) in [4.78, 5) is 167. The number of aliphatic hydroxyl groups is 2. The van der Waals surface area contributed by atoms with Crippen molar-refractivity contribution in [1.82, 2.24) is 55.6 Å². The van der Waals surface area contributed by atoms with Crippen LogP contribution in [0.5, 0.6) is 0 Å². The third-order valence-corrected chi connectivity index (χ3v) is 15.8. The number of hydrogen-bond acceptors (Lipinski definition) is 13. The predicted molar refractivity (Wildman–Crippen MR) is 321 cm³/mol. The van der Waals surface area contributed by atoms with Gasteiger partial charge in [0.25, 0.3) is 0 Å². The summed E-state index contributed by atoms with van der Waals surface area (Å²) in [6, 6.07) is -13.1. The zero-order valence-electron chi connectivity index (χ0n) is 54.8. The van der Waals surface area contributed by atoms with E-state index in [4.69, 9.17) is 0 Å². The second kappa shape index (κ2) is 34.1. The van der Waals surface area contributed by atoms with Crippen LogP contribution in [0.3, 0.4) is 0 Å². The van der Waals surface area contributed by atoms with E-state index in [1.807, 2.05) is 41.5 Å². The number of aliphatic hydroxyl groups excluding tert-OH is 2. The summed E-state index contributed by atoms with van der Waals surface area (Å²) in [6.45, 7) is 26.4. The summed E-state index contributed by atoms with van der Waals surface area (Å²) in [5.74, 6) is -10.5. The number of amides is 11. The zero-order valence-corrected chi connectivity index (χ0v) is 54.8. The first-order valence-corrected chi connectivity index (χ1v) is 29.8. The molecule has 24 nitrogen and oxygen atoms in total. The number of carbonyl (C=O) groups is 11. The van der Waals surface area contributed by atoms with Crippen molar-refractivity contribution in [3.63, 3.8) is 0 Å². The number of hydrogen-bond donors (Lipinski definition) is 6. The second-order valence-corrected chi connectivity index (χ2v) is 25.1. The minimum Gasteiger partial charge on any atom is -0.391 e. The van der Waals surface area contributed by atoms with E-state index in [-0.39, 0.29) is 43.4 Å². The molecule has 1 rings (SSSR count). The van der Waals surface area contributed by atoms with Crippen molar-refractivity contribution in [2.75, 3.05) is 55.9 Å². The highest BCUT2D eigenvalue weighted by atomic mass is 16.3. The SMILES string of the molecule is C/C=C/C[C@@H](C)[C@@H](O)[C@H]1C(=O)N[C@@H](CC)C(=O)N(C)CC(=O)N(C)[C@@H]([C@@H](C)O)C(=O)N[C@@H](C(C)C)C(=O)N(C)[C@@H](C)C(=O)NC(CC(C)C)C(=O)N[C@H](C)C(=O)N(C)[C@@H](CC(C)C)C(=O)N(C)[C@H](CC(C)C)C(=O)N(C)[C@@H](C(C)C)C(=O)N1C. The van der Waals surface area contributed by atoms with Gasteiger partial charge in [-0.15, -0.1) is 0 Å². The fourth-order valence-electron chi connectivity index (χ4n) is 10.4. The van der Waals surface area contributed by atoms with Gasteiger partial charge < -0.3 is 65.8 Å². The average Bonchev–Trinajstić information content (AvgIpc) is 3.32. The standard InChI is InChI=1S/C60H107N11O13/c1-24-26-27-37(13)50(74)49-54(78)62-41(25-2)56(80)65(17)31-45(73)69(21)48(40(16)72)53(77)64-46(35(9)10)59(83)66(18)39(15)51(75)63-42(28-32(3)4)52(76)61-38(14)55(79)67(19)43(29-33(5)6)57(81)68(20)44(30-34(7)8)58(82)70(22)47(36(11)12)60(84)71(49)23/h24,26,32-44,46-50,72,74H,25,27-31H2,1-23H3,(H,61,76)(H,62,78)(H,63,75)(H,64,77)/b26-24+/t37-,38-,39+,40-,41+,42?,43+,44-,46+,47+,48+,49+,50-/m1/s1. The summed E-state index contributed by atoms with van der Waals surface area (Å²) in [6.07, 6.45) is 1.19. The molecular formula is C60H107N11O13. The average molecular weight is 1190 g/mol. The van der Waals surface area contributed by atoms with Gasteiger partial charge >= 0.3 is 0 Å². The van der Waals surface area contributed by atoms with Crippen LogP contribution in [-0.2, 0) is 52.7 Å². The van der Waals surface area contributed by atoms with Gasteiger partial charge in [0.05, 0.1) is 18.8 Å². The molecule has 11 amide bonds. The molecule has 480 valence electrons. The largest absolute Gasteiger partial charge is 0.391 e. The maximum Gasteiger partial charge on any atom is 0.246 e. The molecule has 0 aromatic rings. The van der Waals surface area contributed by atoms with Crippen molar-refractivity contribution >= 4 is 65.0 Å². The van der Waals surface area contributed by atoms with Gasteiger partial charge in [0.15, 0.2) is 0 Å². The van der Waals surface area contributed by atoms with Crippen molar-refractivity contribution in [1.29, 1.82) is 0 Å². The summed E-state index contributed by atoms with van der Waals surface area (Å²) in [5.41, 5.74) is 0. The maximum atomic E-state index is 15.1. The first-order chi connectivity index (χ1) is 38.7. The van der Waals surface area contributed by atoms with E-state index in [1.165, 1.54) is 84.8 Å². The smallest absolute Gasteiger partial charge is 0.246 e. The molecule has 84 heavy (non-hydrogen) atoms. The Bertz CT molecular complexity index is 2310. The molecule has 1 saturated heterocycles. The lowest BCUT2D eigenvalue weighted by Crippen LogP contribution is -2.63. The fourth-order valence-corrected chi connectivity index (χ4v) is 10.4.